The average Bonchev–Trinajstić information content (AvgIpc) is 2.99. The van der Waals surface area contributed by atoms with Crippen LogP contribution in [0.2, 0.25) is 0 Å². The van der Waals surface area contributed by atoms with Crippen molar-refractivity contribution in [3.05, 3.63) is 89.5 Å². The zero-order valence-electron chi connectivity index (χ0n) is 20.8. The molecule has 1 aliphatic heterocycles. The van der Waals surface area contributed by atoms with Crippen LogP contribution in [0.15, 0.2) is 72.8 Å². The van der Waals surface area contributed by atoms with Crippen LogP contribution in [0.1, 0.15) is 51.3 Å². The van der Waals surface area contributed by atoms with Crippen LogP contribution < -0.4 is 10.2 Å². The van der Waals surface area contributed by atoms with Gasteiger partial charge in [-0.05, 0) is 66.8 Å². The molecule has 1 N–H and O–H groups in total. The smallest absolute Gasteiger partial charge is 0.332 e. The number of para-hydroxylation sites is 2. The van der Waals surface area contributed by atoms with Crippen LogP contribution in [0.3, 0.4) is 0 Å². The van der Waals surface area contributed by atoms with Crippen LogP contribution in [0.25, 0.3) is 0 Å². The van der Waals surface area contributed by atoms with Crippen molar-refractivity contribution in [3.8, 4) is 6.07 Å². The van der Waals surface area contributed by atoms with E-state index in [1.54, 1.807) is 36.9 Å². The molecule has 0 aromatic heterocycles. The van der Waals surface area contributed by atoms with Crippen LogP contribution in [-0.4, -0.2) is 22.4 Å². The maximum absolute atomic E-state index is 13.7. The average molecular weight is 467 g/mol. The number of amides is 3. The number of carbonyl (C=O) groups excluding carboxylic acids is 2. The van der Waals surface area contributed by atoms with E-state index in [0.717, 1.165) is 22.5 Å². The van der Waals surface area contributed by atoms with Crippen molar-refractivity contribution < 1.29 is 9.59 Å². The molecule has 1 saturated heterocycles. The van der Waals surface area contributed by atoms with Crippen molar-refractivity contribution in [2.45, 2.75) is 52.1 Å². The second-order valence-corrected chi connectivity index (χ2v) is 10.3. The molecule has 0 atom stereocenters. The highest BCUT2D eigenvalue weighted by molar-refractivity contribution is 6.23. The Hall–Kier alpha value is -4.11. The van der Waals surface area contributed by atoms with Gasteiger partial charge in [-0.3, -0.25) is 4.79 Å². The number of hydrogen-bond acceptors (Lipinski definition) is 4. The highest BCUT2D eigenvalue weighted by Gasteiger charge is 2.52. The Morgan fingerprint density at radius 2 is 1.60 bits per heavy atom. The number of nitriles is 1. The molecule has 0 unspecified atom stereocenters. The highest BCUT2D eigenvalue weighted by Crippen LogP contribution is 2.37. The van der Waals surface area contributed by atoms with Gasteiger partial charge in [0.05, 0.1) is 23.9 Å². The molecule has 1 aliphatic rings. The predicted octanol–water partition coefficient (Wildman–Crippen LogP) is 6.35. The molecular formula is C29H30N4O2. The lowest BCUT2D eigenvalue weighted by Gasteiger charge is -2.28. The fraction of sp³-hybridized carbons (Fsp3) is 0.276. The van der Waals surface area contributed by atoms with Crippen LogP contribution in [-0.2, 0) is 16.8 Å². The molecular weight excluding hydrogens is 436 g/mol. The van der Waals surface area contributed by atoms with E-state index in [0.29, 0.717) is 11.3 Å². The summed E-state index contributed by atoms with van der Waals surface area (Å²) in [7, 11) is 0. The number of urea groups is 1. The number of hydrogen-bond donors (Lipinski definition) is 1. The van der Waals surface area contributed by atoms with Gasteiger partial charge in [0.2, 0.25) is 0 Å². The Labute approximate surface area is 206 Å². The SMILES string of the molecule is CC(C)(C)c1cc(N2C(=O)N(Cc3ccccc3Nc3ccccc3)C(C)(C)C2=O)ccc1C#N. The van der Waals surface area contributed by atoms with Gasteiger partial charge < -0.3 is 10.2 Å². The standard InChI is InChI=1S/C29H30N4O2/c1-28(2,3)24-17-23(16-15-20(24)18-30)33-26(34)29(4,5)32(27(33)35)19-21-11-9-10-14-25(21)31-22-12-7-6-8-13-22/h6-17,31H,19H2,1-5H3. The number of nitrogens with zero attached hydrogens (tertiary/aromatic N) is 3. The van der Waals surface area contributed by atoms with Crippen molar-refractivity contribution in [3.63, 3.8) is 0 Å². The second-order valence-electron chi connectivity index (χ2n) is 10.3. The number of imide groups is 1. The molecule has 0 radical (unpaired) electrons. The summed E-state index contributed by atoms with van der Waals surface area (Å²) in [4.78, 5) is 30.0. The van der Waals surface area contributed by atoms with Crippen molar-refractivity contribution in [2.24, 2.45) is 0 Å². The molecule has 1 heterocycles. The van der Waals surface area contributed by atoms with Crippen molar-refractivity contribution >= 4 is 29.0 Å². The molecule has 6 nitrogen and oxygen atoms in total. The zero-order chi connectivity index (χ0) is 25.4. The minimum atomic E-state index is -1.03. The van der Waals surface area contributed by atoms with Gasteiger partial charge >= 0.3 is 6.03 Å². The molecule has 4 rings (SSSR count). The minimum absolute atomic E-state index is 0.270. The van der Waals surface area contributed by atoms with E-state index in [9.17, 15) is 14.9 Å². The van der Waals surface area contributed by atoms with Crippen LogP contribution in [0.5, 0.6) is 0 Å². The predicted molar refractivity (Wildman–Crippen MR) is 139 cm³/mol. The molecule has 35 heavy (non-hydrogen) atoms. The van der Waals surface area contributed by atoms with Gasteiger partial charge in [-0.2, -0.15) is 5.26 Å². The van der Waals surface area contributed by atoms with Gasteiger partial charge in [-0.25, -0.2) is 9.69 Å². The van der Waals surface area contributed by atoms with E-state index in [2.05, 4.69) is 11.4 Å². The first kappa shape index (κ1) is 24.0. The fourth-order valence-corrected chi connectivity index (χ4v) is 4.35. The molecule has 0 spiro atoms. The third-order valence-corrected chi connectivity index (χ3v) is 6.41. The summed E-state index contributed by atoms with van der Waals surface area (Å²) < 4.78 is 0. The third-order valence-electron chi connectivity index (χ3n) is 6.41. The summed E-state index contributed by atoms with van der Waals surface area (Å²) in [6, 6.07) is 24.6. The van der Waals surface area contributed by atoms with Gasteiger partial charge in [0.15, 0.2) is 0 Å². The maximum Gasteiger partial charge on any atom is 0.332 e. The van der Waals surface area contributed by atoms with E-state index in [4.69, 9.17) is 0 Å². The Bertz CT molecular complexity index is 1320. The third kappa shape index (κ3) is 4.50. The summed E-state index contributed by atoms with van der Waals surface area (Å²) in [5.41, 5.74) is 3.19. The summed E-state index contributed by atoms with van der Waals surface area (Å²) in [6.45, 7) is 9.84. The van der Waals surface area contributed by atoms with Gasteiger partial charge in [0.1, 0.15) is 5.54 Å². The Kier molecular flexibility index (Phi) is 6.12. The fourth-order valence-electron chi connectivity index (χ4n) is 4.35. The van der Waals surface area contributed by atoms with Crippen molar-refractivity contribution in [1.29, 1.82) is 5.26 Å². The highest BCUT2D eigenvalue weighted by atomic mass is 16.2. The van der Waals surface area contributed by atoms with E-state index in [1.807, 2.05) is 75.4 Å². The molecule has 0 aliphatic carbocycles. The molecule has 0 saturated carbocycles. The van der Waals surface area contributed by atoms with E-state index < -0.39 is 5.54 Å². The maximum atomic E-state index is 13.7. The Balaban J connectivity index is 1.68. The summed E-state index contributed by atoms with van der Waals surface area (Å²) in [6.07, 6.45) is 0. The number of rotatable bonds is 5. The van der Waals surface area contributed by atoms with Gasteiger partial charge in [0, 0.05) is 11.4 Å². The molecule has 3 aromatic carbocycles. The normalized spacial score (nSPS) is 15.3. The number of anilines is 3. The molecule has 6 heteroatoms. The monoisotopic (exact) mass is 466 g/mol. The Morgan fingerprint density at radius 1 is 0.943 bits per heavy atom. The number of carbonyl (C=O) groups is 2. The number of benzene rings is 3. The summed E-state index contributed by atoms with van der Waals surface area (Å²) in [5.74, 6) is -0.291. The lowest BCUT2D eigenvalue weighted by Crippen LogP contribution is -2.43. The summed E-state index contributed by atoms with van der Waals surface area (Å²) in [5, 5.41) is 13.0. The first-order valence-corrected chi connectivity index (χ1v) is 11.6. The van der Waals surface area contributed by atoms with Gasteiger partial charge in [-0.1, -0.05) is 57.2 Å². The minimum Gasteiger partial charge on any atom is -0.355 e. The van der Waals surface area contributed by atoms with Gasteiger partial charge in [-0.15, -0.1) is 0 Å². The van der Waals surface area contributed by atoms with Crippen molar-refractivity contribution in [1.82, 2.24) is 4.90 Å². The second kappa shape index (κ2) is 8.92. The van der Waals surface area contributed by atoms with Crippen LogP contribution >= 0.6 is 0 Å². The first-order chi connectivity index (χ1) is 16.5. The lowest BCUT2D eigenvalue weighted by molar-refractivity contribution is -0.123. The van der Waals surface area contributed by atoms with Crippen LogP contribution in [0, 0.1) is 11.3 Å². The molecule has 178 valence electrons. The van der Waals surface area contributed by atoms with Crippen molar-refractivity contribution in [2.75, 3.05) is 10.2 Å². The summed E-state index contributed by atoms with van der Waals surface area (Å²) >= 11 is 0. The quantitative estimate of drug-likeness (QED) is 0.445. The van der Waals surface area contributed by atoms with Crippen LogP contribution in [0.4, 0.5) is 21.9 Å². The van der Waals surface area contributed by atoms with E-state index in [-0.39, 0.29) is 23.9 Å². The first-order valence-electron chi connectivity index (χ1n) is 11.6. The van der Waals surface area contributed by atoms with E-state index >= 15 is 0 Å². The largest absolute Gasteiger partial charge is 0.355 e. The molecule has 3 amide bonds. The van der Waals surface area contributed by atoms with Gasteiger partial charge in [0.25, 0.3) is 5.91 Å². The lowest BCUT2D eigenvalue weighted by atomic mass is 9.83. The topological polar surface area (TPSA) is 76.4 Å². The van der Waals surface area contributed by atoms with E-state index in [1.165, 1.54) is 4.90 Å². The zero-order valence-corrected chi connectivity index (χ0v) is 20.8. The molecule has 0 bridgehead atoms. The molecule has 1 fully saturated rings. The molecule has 3 aromatic rings. The number of nitrogens with one attached hydrogen (secondary N) is 1. The Morgan fingerprint density at radius 3 is 2.26 bits per heavy atom.